The second-order valence-electron chi connectivity index (χ2n) is 4.50. The Morgan fingerprint density at radius 3 is 2.63 bits per heavy atom. The van der Waals surface area contributed by atoms with E-state index in [4.69, 9.17) is 11.6 Å². The lowest BCUT2D eigenvalue weighted by Crippen LogP contribution is -2.12. The molecule has 2 rings (SSSR count). The number of hydrogen-bond acceptors (Lipinski definition) is 3. The molecular weight excluding hydrogens is 296 g/mol. The van der Waals surface area contributed by atoms with Crippen LogP contribution in [0.5, 0.6) is 0 Å². The molecule has 0 amide bonds. The van der Waals surface area contributed by atoms with Crippen LogP contribution in [0.4, 0.5) is 0 Å². The number of thiophene rings is 1. The molecule has 0 saturated carbocycles. The Bertz CT molecular complexity index is 604. The molecule has 0 N–H and O–H groups in total. The van der Waals surface area contributed by atoms with Crippen molar-refractivity contribution in [2.24, 2.45) is 0 Å². The summed E-state index contributed by atoms with van der Waals surface area (Å²) in [6.45, 7) is 6.08. The molecule has 0 saturated heterocycles. The van der Waals surface area contributed by atoms with Crippen molar-refractivity contribution in [1.82, 2.24) is 0 Å². The van der Waals surface area contributed by atoms with Gasteiger partial charge in [-0.2, -0.15) is 0 Å². The highest BCUT2D eigenvalue weighted by atomic mass is 35.5. The quantitative estimate of drug-likeness (QED) is 0.557. The molecule has 1 heterocycles. The SMILES string of the molecule is Cc1ccc(C)c(SC(C)C(=O)c2ccc(Cl)s2)c1. The highest BCUT2D eigenvalue weighted by Crippen LogP contribution is 2.31. The number of rotatable bonds is 4. The fourth-order valence-corrected chi connectivity index (χ4v) is 3.99. The van der Waals surface area contributed by atoms with Crippen molar-refractivity contribution in [2.45, 2.75) is 30.9 Å². The number of hydrogen-bond donors (Lipinski definition) is 0. The first-order valence-corrected chi connectivity index (χ1v) is 8.08. The summed E-state index contributed by atoms with van der Waals surface area (Å²) in [5.41, 5.74) is 2.42. The molecule has 0 spiro atoms. The molecular formula is C15H15ClOS2. The van der Waals surface area contributed by atoms with Crippen molar-refractivity contribution in [3.05, 3.63) is 50.7 Å². The van der Waals surface area contributed by atoms with E-state index in [0.717, 1.165) is 4.88 Å². The summed E-state index contributed by atoms with van der Waals surface area (Å²) in [5, 5.41) is -0.102. The van der Waals surface area contributed by atoms with Gasteiger partial charge in [-0.1, -0.05) is 29.3 Å². The third-order valence-electron chi connectivity index (χ3n) is 2.83. The van der Waals surface area contributed by atoms with E-state index in [0.29, 0.717) is 4.34 Å². The number of carbonyl (C=O) groups excluding carboxylic acids is 1. The molecule has 0 bridgehead atoms. The molecule has 1 atom stereocenters. The minimum absolute atomic E-state index is 0.102. The van der Waals surface area contributed by atoms with Crippen LogP contribution in [0.2, 0.25) is 4.34 Å². The first-order valence-electron chi connectivity index (χ1n) is 6.01. The Labute approximate surface area is 127 Å². The molecule has 0 aliphatic rings. The van der Waals surface area contributed by atoms with Gasteiger partial charge in [-0.15, -0.1) is 23.1 Å². The van der Waals surface area contributed by atoms with Crippen molar-refractivity contribution >= 4 is 40.5 Å². The molecule has 0 aliphatic heterocycles. The van der Waals surface area contributed by atoms with Crippen LogP contribution in [0.25, 0.3) is 0 Å². The van der Waals surface area contributed by atoms with Crippen LogP contribution >= 0.6 is 34.7 Å². The normalized spacial score (nSPS) is 12.4. The first kappa shape index (κ1) is 14.6. The largest absolute Gasteiger partial charge is 0.292 e. The van der Waals surface area contributed by atoms with E-state index in [9.17, 15) is 4.79 Å². The van der Waals surface area contributed by atoms with Crippen LogP contribution in [-0.2, 0) is 0 Å². The maximum Gasteiger partial charge on any atom is 0.185 e. The summed E-state index contributed by atoms with van der Waals surface area (Å²) in [7, 11) is 0. The maximum atomic E-state index is 12.3. The predicted octanol–water partition coefficient (Wildman–Crippen LogP) is 5.38. The summed E-state index contributed by atoms with van der Waals surface area (Å²) < 4.78 is 0.660. The first-order chi connectivity index (χ1) is 8.97. The third kappa shape index (κ3) is 3.62. The highest BCUT2D eigenvalue weighted by Gasteiger charge is 2.19. The van der Waals surface area contributed by atoms with Gasteiger partial charge in [0.15, 0.2) is 5.78 Å². The van der Waals surface area contributed by atoms with E-state index in [-0.39, 0.29) is 11.0 Å². The number of ketones is 1. The summed E-state index contributed by atoms with van der Waals surface area (Å²) in [5.74, 6) is 0.141. The number of aryl methyl sites for hydroxylation is 2. The number of thioether (sulfide) groups is 1. The fourth-order valence-electron chi connectivity index (χ4n) is 1.73. The van der Waals surface area contributed by atoms with Crippen LogP contribution in [0, 0.1) is 13.8 Å². The molecule has 0 radical (unpaired) electrons. The van der Waals surface area contributed by atoms with Crippen molar-refractivity contribution < 1.29 is 4.79 Å². The van der Waals surface area contributed by atoms with Gasteiger partial charge in [-0.05, 0) is 44.5 Å². The molecule has 100 valence electrons. The van der Waals surface area contributed by atoms with Gasteiger partial charge in [-0.3, -0.25) is 4.79 Å². The van der Waals surface area contributed by atoms with Crippen LogP contribution in [0.15, 0.2) is 35.2 Å². The van der Waals surface area contributed by atoms with Crippen molar-refractivity contribution in [3.63, 3.8) is 0 Å². The average molecular weight is 311 g/mol. The molecule has 1 nitrogen and oxygen atoms in total. The maximum absolute atomic E-state index is 12.3. The van der Waals surface area contributed by atoms with E-state index >= 15 is 0 Å². The Hall–Kier alpha value is -0.770. The monoisotopic (exact) mass is 310 g/mol. The molecule has 1 unspecified atom stereocenters. The lowest BCUT2D eigenvalue weighted by atomic mass is 10.2. The van der Waals surface area contributed by atoms with E-state index in [1.54, 1.807) is 23.9 Å². The van der Waals surface area contributed by atoms with Gasteiger partial charge < -0.3 is 0 Å². The number of carbonyl (C=O) groups is 1. The highest BCUT2D eigenvalue weighted by molar-refractivity contribution is 8.00. The summed E-state index contributed by atoms with van der Waals surface area (Å²) >= 11 is 8.83. The molecule has 2 aromatic rings. The van der Waals surface area contributed by atoms with Gasteiger partial charge in [0.2, 0.25) is 0 Å². The van der Waals surface area contributed by atoms with Crippen LogP contribution in [-0.4, -0.2) is 11.0 Å². The second-order valence-corrected chi connectivity index (χ2v) is 7.59. The van der Waals surface area contributed by atoms with Crippen LogP contribution in [0.3, 0.4) is 0 Å². The summed E-state index contributed by atoms with van der Waals surface area (Å²) in [4.78, 5) is 14.2. The second kappa shape index (κ2) is 6.12. The Morgan fingerprint density at radius 2 is 2.00 bits per heavy atom. The minimum Gasteiger partial charge on any atom is -0.292 e. The summed E-state index contributed by atoms with van der Waals surface area (Å²) in [6.07, 6.45) is 0. The smallest absolute Gasteiger partial charge is 0.185 e. The van der Waals surface area contributed by atoms with Gasteiger partial charge >= 0.3 is 0 Å². The van der Waals surface area contributed by atoms with Gasteiger partial charge in [0.05, 0.1) is 14.5 Å². The third-order valence-corrected chi connectivity index (χ3v) is 5.34. The minimum atomic E-state index is -0.102. The molecule has 0 fully saturated rings. The summed E-state index contributed by atoms with van der Waals surface area (Å²) in [6, 6.07) is 9.89. The van der Waals surface area contributed by atoms with Crippen LogP contribution < -0.4 is 0 Å². The number of Topliss-reactive ketones (excluding diaryl/α,β-unsaturated/α-hetero) is 1. The molecule has 1 aromatic heterocycles. The van der Waals surface area contributed by atoms with Gasteiger partial charge in [0.25, 0.3) is 0 Å². The van der Waals surface area contributed by atoms with Gasteiger partial charge in [0.1, 0.15) is 0 Å². The zero-order valence-corrected chi connectivity index (χ0v) is 13.5. The zero-order valence-electron chi connectivity index (χ0n) is 11.1. The average Bonchev–Trinajstić information content (AvgIpc) is 2.79. The fraction of sp³-hybridized carbons (Fsp3) is 0.267. The zero-order chi connectivity index (χ0) is 14.0. The van der Waals surface area contributed by atoms with E-state index in [2.05, 4.69) is 32.0 Å². The Morgan fingerprint density at radius 1 is 1.26 bits per heavy atom. The van der Waals surface area contributed by atoms with Crippen LogP contribution in [0.1, 0.15) is 27.7 Å². The van der Waals surface area contributed by atoms with Crippen molar-refractivity contribution in [3.8, 4) is 0 Å². The lowest BCUT2D eigenvalue weighted by molar-refractivity contribution is 0.0998. The molecule has 1 aromatic carbocycles. The molecule has 0 aliphatic carbocycles. The predicted molar refractivity (Wildman–Crippen MR) is 84.9 cm³/mol. The van der Waals surface area contributed by atoms with Gasteiger partial charge in [-0.25, -0.2) is 0 Å². The Kier molecular flexibility index (Phi) is 4.71. The van der Waals surface area contributed by atoms with Crippen molar-refractivity contribution in [1.29, 1.82) is 0 Å². The van der Waals surface area contributed by atoms with E-state index in [1.165, 1.54) is 27.4 Å². The molecule has 19 heavy (non-hydrogen) atoms. The van der Waals surface area contributed by atoms with E-state index < -0.39 is 0 Å². The van der Waals surface area contributed by atoms with E-state index in [1.807, 2.05) is 6.92 Å². The lowest BCUT2D eigenvalue weighted by Gasteiger charge is -2.12. The van der Waals surface area contributed by atoms with Gasteiger partial charge in [0, 0.05) is 4.90 Å². The number of benzene rings is 1. The Balaban J connectivity index is 2.14. The van der Waals surface area contributed by atoms with Crippen molar-refractivity contribution in [2.75, 3.05) is 0 Å². The standard InChI is InChI=1S/C15H15ClOS2/c1-9-4-5-10(2)13(8-9)18-11(3)15(17)12-6-7-14(16)19-12/h4-8,11H,1-3H3. The molecule has 4 heteroatoms. The number of halogens is 1. The topological polar surface area (TPSA) is 17.1 Å².